The number of carbonyl (C=O) groups is 2. The zero-order chi connectivity index (χ0) is 16.1. The molecule has 0 fully saturated rings. The van der Waals surface area contributed by atoms with Crippen molar-refractivity contribution < 1.29 is 14.4 Å². The van der Waals surface area contributed by atoms with Crippen LogP contribution in [0, 0.1) is 6.92 Å². The molecule has 0 saturated carbocycles. The number of carbonyl (C=O) groups excluding carboxylic acids is 2. The van der Waals surface area contributed by atoms with Crippen LogP contribution in [-0.2, 0) is 16.1 Å². The number of hydrogen-bond acceptors (Lipinski definition) is 3. The highest BCUT2D eigenvalue weighted by Crippen LogP contribution is 2.25. The highest BCUT2D eigenvalue weighted by molar-refractivity contribution is 6.01. The molecular formula is C16H21N3O3. The van der Waals surface area contributed by atoms with Crippen LogP contribution in [0.5, 0.6) is 0 Å². The van der Waals surface area contributed by atoms with Gasteiger partial charge in [-0.3, -0.25) is 14.4 Å². The second-order valence-electron chi connectivity index (χ2n) is 5.19. The Morgan fingerprint density at radius 2 is 2.09 bits per heavy atom. The van der Waals surface area contributed by atoms with Crippen molar-refractivity contribution in [2.24, 2.45) is 0 Å². The van der Waals surface area contributed by atoms with Gasteiger partial charge in [0.2, 0.25) is 5.91 Å². The van der Waals surface area contributed by atoms with Crippen LogP contribution < -0.4 is 10.8 Å². The summed E-state index contributed by atoms with van der Waals surface area (Å²) in [6, 6.07) is 6.03. The van der Waals surface area contributed by atoms with E-state index in [1.54, 1.807) is 7.05 Å². The minimum absolute atomic E-state index is 0.148. The minimum atomic E-state index is -0.167. The van der Waals surface area contributed by atoms with E-state index in [9.17, 15) is 9.59 Å². The number of hydroxylamine groups is 1. The first kappa shape index (κ1) is 16.0. The zero-order valence-corrected chi connectivity index (χ0v) is 13.1. The monoisotopic (exact) mass is 303 g/mol. The summed E-state index contributed by atoms with van der Waals surface area (Å²) in [5.74, 6) is -0.315. The van der Waals surface area contributed by atoms with E-state index >= 15 is 0 Å². The van der Waals surface area contributed by atoms with E-state index in [2.05, 4.69) is 26.7 Å². The van der Waals surface area contributed by atoms with Crippen LogP contribution >= 0.6 is 0 Å². The summed E-state index contributed by atoms with van der Waals surface area (Å²) in [6.07, 6.45) is 1.63. The molecule has 0 radical (unpaired) electrons. The van der Waals surface area contributed by atoms with E-state index in [1.807, 2.05) is 19.1 Å². The average molecular weight is 303 g/mol. The highest BCUT2D eigenvalue weighted by atomic mass is 16.6. The first-order valence-corrected chi connectivity index (χ1v) is 7.22. The van der Waals surface area contributed by atoms with Gasteiger partial charge in [0.05, 0.1) is 7.11 Å². The highest BCUT2D eigenvalue weighted by Gasteiger charge is 2.17. The topological polar surface area (TPSA) is 83.2 Å². The van der Waals surface area contributed by atoms with Gasteiger partial charge in [-0.05, 0) is 37.5 Å². The molecule has 0 spiro atoms. The van der Waals surface area contributed by atoms with Crippen molar-refractivity contribution >= 4 is 22.7 Å². The number of nitrogens with one attached hydrogen (secondary N) is 3. The van der Waals surface area contributed by atoms with Crippen molar-refractivity contribution in [1.29, 1.82) is 0 Å². The second-order valence-corrected chi connectivity index (χ2v) is 5.19. The molecule has 0 aliphatic heterocycles. The van der Waals surface area contributed by atoms with Gasteiger partial charge in [-0.15, -0.1) is 0 Å². The summed E-state index contributed by atoms with van der Waals surface area (Å²) < 4.78 is 0. The lowest BCUT2D eigenvalue weighted by Crippen LogP contribution is -2.22. The van der Waals surface area contributed by atoms with Gasteiger partial charge in [-0.1, -0.05) is 11.6 Å². The fourth-order valence-electron chi connectivity index (χ4n) is 2.53. The molecule has 118 valence electrons. The molecule has 1 heterocycles. The molecule has 0 unspecified atom stereocenters. The van der Waals surface area contributed by atoms with Gasteiger partial charge in [0.15, 0.2) is 0 Å². The summed E-state index contributed by atoms with van der Waals surface area (Å²) in [4.78, 5) is 31.2. The number of benzene rings is 1. The maximum absolute atomic E-state index is 12.0. The molecule has 0 bridgehead atoms. The second kappa shape index (κ2) is 7.09. The molecule has 6 heteroatoms. The first-order chi connectivity index (χ1) is 10.6. The van der Waals surface area contributed by atoms with Gasteiger partial charge in [0.1, 0.15) is 5.69 Å². The largest absolute Gasteiger partial charge is 0.354 e. The minimum Gasteiger partial charge on any atom is -0.354 e. The van der Waals surface area contributed by atoms with Gasteiger partial charge in [0, 0.05) is 24.4 Å². The third-order valence-corrected chi connectivity index (χ3v) is 3.56. The van der Waals surface area contributed by atoms with Crippen molar-refractivity contribution in [3.8, 4) is 0 Å². The Morgan fingerprint density at radius 3 is 2.77 bits per heavy atom. The van der Waals surface area contributed by atoms with Crippen LogP contribution in [0.2, 0.25) is 0 Å². The predicted molar refractivity (Wildman–Crippen MR) is 84.5 cm³/mol. The first-order valence-electron chi connectivity index (χ1n) is 7.22. The smallest absolute Gasteiger partial charge is 0.267 e. The van der Waals surface area contributed by atoms with Crippen LogP contribution in [0.25, 0.3) is 10.9 Å². The van der Waals surface area contributed by atoms with E-state index in [0.717, 1.165) is 22.0 Å². The Hall–Kier alpha value is -2.34. The fourth-order valence-corrected chi connectivity index (χ4v) is 2.53. The normalized spacial score (nSPS) is 10.7. The lowest BCUT2D eigenvalue weighted by Gasteiger charge is -2.05. The summed E-state index contributed by atoms with van der Waals surface area (Å²) in [7, 11) is 3.01. The van der Waals surface area contributed by atoms with E-state index in [0.29, 0.717) is 25.0 Å². The van der Waals surface area contributed by atoms with E-state index in [1.165, 1.54) is 7.11 Å². The summed E-state index contributed by atoms with van der Waals surface area (Å²) in [5.41, 5.74) is 5.87. The maximum Gasteiger partial charge on any atom is 0.267 e. The number of H-pyrrole nitrogens is 1. The summed E-state index contributed by atoms with van der Waals surface area (Å²) in [6.45, 7) is 2.02. The molecule has 3 N–H and O–H groups in total. The van der Waals surface area contributed by atoms with Crippen molar-refractivity contribution in [2.45, 2.75) is 26.2 Å². The van der Waals surface area contributed by atoms with Gasteiger partial charge in [-0.2, -0.15) is 0 Å². The SMILES string of the molecule is CNC(=O)c1[nH]c2ccc(C)cc2c1CCCC(=O)NOC. The Morgan fingerprint density at radius 1 is 1.32 bits per heavy atom. The third-order valence-electron chi connectivity index (χ3n) is 3.56. The lowest BCUT2D eigenvalue weighted by atomic mass is 10.0. The molecular weight excluding hydrogens is 282 g/mol. The lowest BCUT2D eigenvalue weighted by molar-refractivity contribution is -0.131. The Balaban J connectivity index is 2.26. The van der Waals surface area contributed by atoms with E-state index in [-0.39, 0.29) is 11.8 Å². The van der Waals surface area contributed by atoms with Gasteiger partial charge >= 0.3 is 0 Å². The van der Waals surface area contributed by atoms with Crippen LogP contribution in [0.15, 0.2) is 18.2 Å². The number of aromatic amines is 1. The molecule has 6 nitrogen and oxygen atoms in total. The Labute approximate surface area is 129 Å². The number of fused-ring (bicyclic) bond motifs is 1. The molecule has 0 saturated heterocycles. The quantitative estimate of drug-likeness (QED) is 0.712. The molecule has 22 heavy (non-hydrogen) atoms. The molecule has 1 aromatic heterocycles. The number of aryl methyl sites for hydroxylation is 2. The number of hydrogen-bond donors (Lipinski definition) is 3. The number of rotatable bonds is 6. The van der Waals surface area contributed by atoms with Crippen LogP contribution in [0.3, 0.4) is 0 Å². The maximum atomic E-state index is 12.0. The third kappa shape index (κ3) is 3.46. The van der Waals surface area contributed by atoms with Crippen LogP contribution in [-0.4, -0.2) is 31.0 Å². The van der Waals surface area contributed by atoms with Crippen LogP contribution in [0.1, 0.15) is 34.5 Å². The number of aromatic nitrogens is 1. The van der Waals surface area contributed by atoms with Gasteiger partial charge in [-0.25, -0.2) is 5.48 Å². The summed E-state index contributed by atoms with van der Waals surface area (Å²) in [5, 5.41) is 3.68. The molecule has 0 aliphatic rings. The van der Waals surface area contributed by atoms with E-state index in [4.69, 9.17) is 0 Å². The van der Waals surface area contributed by atoms with Crippen molar-refractivity contribution in [1.82, 2.24) is 15.8 Å². The number of amides is 2. The predicted octanol–water partition coefficient (Wildman–Crippen LogP) is 1.84. The fraction of sp³-hybridized carbons (Fsp3) is 0.375. The molecule has 2 rings (SSSR count). The molecule has 0 aliphatic carbocycles. The molecule has 2 amide bonds. The Bertz CT molecular complexity index is 691. The van der Waals surface area contributed by atoms with Gasteiger partial charge < -0.3 is 10.3 Å². The van der Waals surface area contributed by atoms with Gasteiger partial charge in [0.25, 0.3) is 5.91 Å². The van der Waals surface area contributed by atoms with Crippen molar-refractivity contribution in [2.75, 3.05) is 14.2 Å². The zero-order valence-electron chi connectivity index (χ0n) is 13.1. The molecule has 1 aromatic carbocycles. The standard InChI is InChI=1S/C16H21N3O3/c1-10-7-8-13-12(9-10)11(15(18-13)16(21)17-2)5-4-6-14(20)19-22-3/h7-9,18H,4-6H2,1-3H3,(H,17,21)(H,19,20). The van der Waals surface area contributed by atoms with Crippen LogP contribution in [0.4, 0.5) is 0 Å². The van der Waals surface area contributed by atoms with Crippen molar-refractivity contribution in [3.63, 3.8) is 0 Å². The Kier molecular flexibility index (Phi) is 5.16. The summed E-state index contributed by atoms with van der Waals surface area (Å²) >= 11 is 0. The molecule has 0 atom stereocenters. The van der Waals surface area contributed by atoms with E-state index < -0.39 is 0 Å². The van der Waals surface area contributed by atoms with Crippen molar-refractivity contribution in [3.05, 3.63) is 35.0 Å². The average Bonchev–Trinajstić information content (AvgIpc) is 2.85. The molecule has 2 aromatic rings.